The fraction of sp³-hybridized carbons (Fsp3) is 1.00. The highest BCUT2D eigenvalue weighted by molar-refractivity contribution is 4.86. The average Bonchev–Trinajstić information content (AvgIpc) is 2.75. The van der Waals surface area contributed by atoms with Crippen LogP contribution in [0.1, 0.15) is 144 Å². The molecule has 2 heteroatoms. The van der Waals surface area contributed by atoms with Crippen molar-refractivity contribution >= 4 is 0 Å². The van der Waals surface area contributed by atoms with Gasteiger partial charge in [0.05, 0.1) is 6.10 Å². The summed E-state index contributed by atoms with van der Waals surface area (Å²) in [5.74, 6) is 1.78. The van der Waals surface area contributed by atoms with E-state index < -0.39 is 0 Å². The van der Waals surface area contributed by atoms with Gasteiger partial charge in [0.2, 0.25) is 0 Å². The predicted molar refractivity (Wildman–Crippen MR) is 139 cm³/mol. The van der Waals surface area contributed by atoms with E-state index >= 15 is 0 Å². The lowest BCUT2D eigenvalue weighted by molar-refractivity contribution is -0.0426. The van der Waals surface area contributed by atoms with Crippen molar-refractivity contribution in [1.82, 2.24) is 4.90 Å². The van der Waals surface area contributed by atoms with Crippen molar-refractivity contribution in [3.05, 3.63) is 0 Å². The Morgan fingerprint density at radius 3 is 1.65 bits per heavy atom. The lowest BCUT2D eigenvalue weighted by Crippen LogP contribution is -2.50. The molecular weight excluding hydrogens is 378 g/mol. The van der Waals surface area contributed by atoms with Crippen molar-refractivity contribution < 1.29 is 4.74 Å². The Kier molecular flexibility index (Phi) is 17.1. The van der Waals surface area contributed by atoms with Crippen LogP contribution >= 0.6 is 0 Å². The number of hydrogen-bond acceptors (Lipinski definition) is 2. The Morgan fingerprint density at radius 2 is 1.13 bits per heavy atom. The highest BCUT2D eigenvalue weighted by Gasteiger charge is 2.32. The molecule has 0 aromatic rings. The van der Waals surface area contributed by atoms with Crippen molar-refractivity contribution in [3.63, 3.8) is 0 Å². The largest absolute Gasteiger partial charge is 0.378 e. The number of likely N-dealkylation sites (tertiary alicyclic amines) is 1. The Hall–Kier alpha value is -0.0800. The molecule has 1 fully saturated rings. The molecule has 0 radical (unpaired) electrons. The Balaban J connectivity index is 2.45. The lowest BCUT2D eigenvalue weighted by Gasteiger charge is -2.44. The van der Waals surface area contributed by atoms with Gasteiger partial charge in [-0.15, -0.1) is 0 Å². The molecule has 4 atom stereocenters. The van der Waals surface area contributed by atoms with Gasteiger partial charge in [-0.1, -0.05) is 98.3 Å². The zero-order valence-corrected chi connectivity index (χ0v) is 22.5. The number of rotatable bonds is 19. The van der Waals surface area contributed by atoms with Gasteiger partial charge in [-0.25, -0.2) is 0 Å². The second kappa shape index (κ2) is 18.4. The van der Waals surface area contributed by atoms with E-state index in [4.69, 9.17) is 4.74 Å². The first-order chi connectivity index (χ1) is 15.0. The van der Waals surface area contributed by atoms with Gasteiger partial charge in [-0.3, -0.25) is 4.90 Å². The van der Waals surface area contributed by atoms with Crippen molar-refractivity contribution in [2.75, 3.05) is 13.2 Å². The second-order valence-electron chi connectivity index (χ2n) is 10.8. The molecule has 1 rings (SSSR count). The summed E-state index contributed by atoms with van der Waals surface area (Å²) in [7, 11) is 0. The van der Waals surface area contributed by atoms with Gasteiger partial charge < -0.3 is 4.74 Å². The zero-order chi connectivity index (χ0) is 22.9. The zero-order valence-electron chi connectivity index (χ0n) is 22.5. The molecule has 0 bridgehead atoms. The molecular formula is C29H59NO. The summed E-state index contributed by atoms with van der Waals surface area (Å²) in [4.78, 5) is 2.83. The van der Waals surface area contributed by atoms with E-state index in [0.29, 0.717) is 18.2 Å². The predicted octanol–water partition coefficient (Wildman–Crippen LogP) is 9.02. The molecule has 0 amide bonds. The van der Waals surface area contributed by atoms with Crippen LogP contribution in [0.3, 0.4) is 0 Å². The van der Waals surface area contributed by atoms with E-state index in [1.165, 1.54) is 109 Å². The third-order valence-corrected chi connectivity index (χ3v) is 7.80. The minimum absolute atomic E-state index is 0.480. The SMILES string of the molecule is CCCCCC(CCCC)CN1[C@H](C)CC(OCCC(CCCC)CCCC)C[C@@H]1C. The van der Waals surface area contributed by atoms with Crippen LogP contribution in [0, 0.1) is 11.8 Å². The monoisotopic (exact) mass is 437 g/mol. The molecule has 0 saturated carbocycles. The van der Waals surface area contributed by atoms with E-state index in [9.17, 15) is 0 Å². The first-order valence-corrected chi connectivity index (χ1v) is 14.4. The van der Waals surface area contributed by atoms with E-state index in [2.05, 4.69) is 46.4 Å². The highest BCUT2D eigenvalue weighted by Crippen LogP contribution is 2.29. The van der Waals surface area contributed by atoms with Crippen LogP contribution in [-0.4, -0.2) is 36.2 Å². The lowest BCUT2D eigenvalue weighted by atomic mass is 9.89. The minimum Gasteiger partial charge on any atom is -0.378 e. The molecule has 2 nitrogen and oxygen atoms in total. The molecule has 2 unspecified atom stereocenters. The molecule has 0 aromatic carbocycles. The fourth-order valence-corrected chi connectivity index (χ4v) is 5.68. The van der Waals surface area contributed by atoms with Gasteiger partial charge in [0.25, 0.3) is 0 Å². The van der Waals surface area contributed by atoms with Crippen LogP contribution in [-0.2, 0) is 4.74 Å². The maximum absolute atomic E-state index is 6.49. The molecule has 0 spiro atoms. The van der Waals surface area contributed by atoms with E-state index in [0.717, 1.165) is 18.4 Å². The van der Waals surface area contributed by atoms with Gasteiger partial charge in [-0.2, -0.15) is 0 Å². The molecule has 186 valence electrons. The number of nitrogens with zero attached hydrogens (tertiary/aromatic N) is 1. The van der Waals surface area contributed by atoms with Gasteiger partial charge in [0, 0.05) is 25.2 Å². The number of piperidine rings is 1. The Bertz CT molecular complexity index is 378. The normalized spacial score (nSPS) is 23.5. The van der Waals surface area contributed by atoms with Gasteiger partial charge >= 0.3 is 0 Å². The number of unbranched alkanes of at least 4 members (excludes halogenated alkanes) is 5. The van der Waals surface area contributed by atoms with Crippen molar-refractivity contribution in [2.45, 2.75) is 162 Å². The van der Waals surface area contributed by atoms with E-state index in [-0.39, 0.29) is 0 Å². The minimum atomic E-state index is 0.480. The van der Waals surface area contributed by atoms with Gasteiger partial charge in [-0.05, 0) is 57.8 Å². The van der Waals surface area contributed by atoms with Crippen LogP contribution < -0.4 is 0 Å². The first-order valence-electron chi connectivity index (χ1n) is 14.4. The molecule has 1 aliphatic heterocycles. The van der Waals surface area contributed by atoms with Crippen molar-refractivity contribution in [3.8, 4) is 0 Å². The third-order valence-electron chi connectivity index (χ3n) is 7.80. The summed E-state index contributed by atoms with van der Waals surface area (Å²) in [5, 5.41) is 0. The smallest absolute Gasteiger partial charge is 0.0604 e. The van der Waals surface area contributed by atoms with Crippen molar-refractivity contribution in [2.24, 2.45) is 11.8 Å². The van der Waals surface area contributed by atoms with E-state index in [1.54, 1.807) is 0 Å². The number of hydrogen-bond donors (Lipinski definition) is 0. The van der Waals surface area contributed by atoms with Gasteiger partial charge in [0.1, 0.15) is 0 Å². The molecule has 31 heavy (non-hydrogen) atoms. The highest BCUT2D eigenvalue weighted by atomic mass is 16.5. The van der Waals surface area contributed by atoms with E-state index in [1.807, 2.05) is 0 Å². The summed E-state index contributed by atoms with van der Waals surface area (Å²) in [6.07, 6.45) is 22.2. The topological polar surface area (TPSA) is 12.5 Å². The molecule has 1 heterocycles. The quantitative estimate of drug-likeness (QED) is 0.187. The maximum Gasteiger partial charge on any atom is 0.0604 e. The summed E-state index contributed by atoms with van der Waals surface area (Å²) in [6, 6.07) is 1.33. The Morgan fingerprint density at radius 1 is 0.645 bits per heavy atom. The van der Waals surface area contributed by atoms with Crippen LogP contribution in [0.2, 0.25) is 0 Å². The van der Waals surface area contributed by atoms with Crippen molar-refractivity contribution in [1.29, 1.82) is 0 Å². The summed E-state index contributed by atoms with van der Waals surface area (Å²) in [5.41, 5.74) is 0. The summed E-state index contributed by atoms with van der Waals surface area (Å²) in [6.45, 7) is 16.5. The molecule has 0 N–H and O–H groups in total. The van der Waals surface area contributed by atoms with Gasteiger partial charge in [0.15, 0.2) is 0 Å². The molecule has 1 aliphatic rings. The summed E-state index contributed by atoms with van der Waals surface area (Å²) < 4.78 is 6.49. The van der Waals surface area contributed by atoms with Crippen LogP contribution in [0.4, 0.5) is 0 Å². The second-order valence-corrected chi connectivity index (χ2v) is 10.8. The third kappa shape index (κ3) is 12.7. The Labute approximate surface area is 197 Å². The standard InChI is InChI=1S/C29H59NO/c1-7-11-15-19-28(18-14-10-4)24-30-25(5)22-29(23-26(30)6)31-21-20-27(16-12-8-2)17-13-9-3/h25-29H,7-24H2,1-6H3/t25-,26+,28?,29?. The maximum atomic E-state index is 6.49. The van der Waals surface area contributed by atoms with Crippen LogP contribution in [0.25, 0.3) is 0 Å². The average molecular weight is 438 g/mol. The molecule has 0 aromatic heterocycles. The van der Waals surface area contributed by atoms with Crippen LogP contribution in [0.15, 0.2) is 0 Å². The molecule has 1 saturated heterocycles. The number of ether oxygens (including phenoxy) is 1. The first kappa shape index (κ1) is 29.0. The molecule has 0 aliphatic carbocycles. The summed E-state index contributed by atoms with van der Waals surface area (Å²) >= 11 is 0. The van der Waals surface area contributed by atoms with Crippen LogP contribution in [0.5, 0.6) is 0 Å². The fourth-order valence-electron chi connectivity index (χ4n) is 5.68.